The number of amides is 1. The number of carbonyl (C=O) groups is 1. The normalized spacial score (nSPS) is 11.3. The summed E-state index contributed by atoms with van der Waals surface area (Å²) in [6.45, 7) is 6.80. The Morgan fingerprint density at radius 2 is 2.11 bits per heavy atom. The first-order valence-corrected chi connectivity index (χ1v) is 7.29. The van der Waals surface area contributed by atoms with E-state index in [2.05, 4.69) is 10.3 Å². The summed E-state index contributed by atoms with van der Waals surface area (Å²) in [5, 5.41) is 2.86. The molecule has 0 fully saturated rings. The Kier molecular flexibility index (Phi) is 5.02. The van der Waals surface area contributed by atoms with Crippen molar-refractivity contribution in [2.24, 2.45) is 0 Å². The van der Waals surface area contributed by atoms with E-state index in [1.54, 1.807) is 17.8 Å². The topological polar surface area (TPSA) is 68.0 Å². The summed E-state index contributed by atoms with van der Waals surface area (Å²) >= 11 is 1.70. The molecule has 0 atom stereocenters. The van der Waals surface area contributed by atoms with Gasteiger partial charge in [-0.15, -0.1) is 0 Å². The van der Waals surface area contributed by atoms with Crippen LogP contribution >= 0.6 is 11.8 Å². The Balaban J connectivity index is 2.89. The maximum atomic E-state index is 11.9. The number of aromatic nitrogens is 1. The Labute approximate surface area is 113 Å². The SMILES string of the molecule is CSCCNC(=O)c1cc(N)nc(C(C)(C)C)c1. The summed E-state index contributed by atoms with van der Waals surface area (Å²) in [4.78, 5) is 16.2. The van der Waals surface area contributed by atoms with Gasteiger partial charge in [0, 0.05) is 29.0 Å². The number of thioether (sulfide) groups is 1. The number of nitrogen functional groups attached to an aromatic ring is 1. The van der Waals surface area contributed by atoms with Gasteiger partial charge < -0.3 is 11.1 Å². The van der Waals surface area contributed by atoms with Crippen LogP contribution in [0.1, 0.15) is 36.8 Å². The third-order valence-electron chi connectivity index (χ3n) is 2.47. The Morgan fingerprint density at radius 1 is 1.44 bits per heavy atom. The molecule has 0 unspecified atom stereocenters. The lowest BCUT2D eigenvalue weighted by atomic mass is 9.90. The summed E-state index contributed by atoms with van der Waals surface area (Å²) in [6.07, 6.45) is 2.01. The monoisotopic (exact) mass is 267 g/mol. The first kappa shape index (κ1) is 14.8. The van der Waals surface area contributed by atoms with Crippen LogP contribution in [0.4, 0.5) is 5.82 Å². The lowest BCUT2D eigenvalue weighted by molar-refractivity contribution is 0.0956. The quantitative estimate of drug-likeness (QED) is 0.819. The molecular formula is C13H21N3OS. The van der Waals surface area contributed by atoms with Gasteiger partial charge in [0.25, 0.3) is 5.91 Å². The summed E-state index contributed by atoms with van der Waals surface area (Å²) in [7, 11) is 0. The zero-order valence-corrected chi connectivity index (χ0v) is 12.2. The van der Waals surface area contributed by atoms with Crippen molar-refractivity contribution in [1.82, 2.24) is 10.3 Å². The van der Waals surface area contributed by atoms with Gasteiger partial charge in [-0.3, -0.25) is 4.79 Å². The molecule has 0 aliphatic rings. The lowest BCUT2D eigenvalue weighted by Crippen LogP contribution is -2.26. The average Bonchev–Trinajstić information content (AvgIpc) is 2.27. The standard InChI is InChI=1S/C13H21N3OS/c1-13(2,3)10-7-9(8-11(14)16-10)12(17)15-5-6-18-4/h7-8H,5-6H2,1-4H3,(H2,14,16)(H,15,17). The summed E-state index contributed by atoms with van der Waals surface area (Å²) in [6, 6.07) is 3.43. The van der Waals surface area contributed by atoms with E-state index in [1.165, 1.54) is 0 Å². The maximum Gasteiger partial charge on any atom is 0.251 e. The van der Waals surface area contributed by atoms with Crippen LogP contribution in [0.15, 0.2) is 12.1 Å². The highest BCUT2D eigenvalue weighted by molar-refractivity contribution is 7.98. The third-order valence-corrected chi connectivity index (χ3v) is 3.08. The van der Waals surface area contributed by atoms with Crippen molar-refractivity contribution in [2.45, 2.75) is 26.2 Å². The molecule has 1 aromatic heterocycles. The Bertz CT molecular complexity index is 427. The summed E-state index contributed by atoms with van der Waals surface area (Å²) < 4.78 is 0. The minimum absolute atomic E-state index is 0.0938. The number of pyridine rings is 1. The molecule has 1 amide bonds. The molecule has 0 bridgehead atoms. The molecule has 0 aliphatic heterocycles. The minimum atomic E-state index is -0.121. The second-order valence-corrected chi connectivity index (χ2v) is 6.15. The number of hydrogen-bond donors (Lipinski definition) is 2. The van der Waals surface area contributed by atoms with Gasteiger partial charge in [-0.25, -0.2) is 4.98 Å². The fourth-order valence-electron chi connectivity index (χ4n) is 1.44. The van der Waals surface area contributed by atoms with Crippen LogP contribution in [0, 0.1) is 0 Å². The second kappa shape index (κ2) is 6.09. The molecule has 1 rings (SSSR count). The number of nitrogens with zero attached hydrogens (tertiary/aromatic N) is 1. The molecule has 0 radical (unpaired) electrons. The molecule has 0 aliphatic carbocycles. The Morgan fingerprint density at radius 3 is 2.67 bits per heavy atom. The molecule has 4 nitrogen and oxygen atoms in total. The van der Waals surface area contributed by atoms with Crippen molar-refractivity contribution in [3.63, 3.8) is 0 Å². The molecule has 100 valence electrons. The average molecular weight is 267 g/mol. The van der Waals surface area contributed by atoms with Crippen LogP contribution in [0.2, 0.25) is 0 Å². The summed E-state index contributed by atoms with van der Waals surface area (Å²) in [5.41, 5.74) is 7.04. The van der Waals surface area contributed by atoms with E-state index < -0.39 is 0 Å². The van der Waals surface area contributed by atoms with E-state index >= 15 is 0 Å². The van der Waals surface area contributed by atoms with Gasteiger partial charge in [-0.05, 0) is 18.4 Å². The summed E-state index contributed by atoms with van der Waals surface area (Å²) in [5.74, 6) is 1.19. The number of rotatable bonds is 4. The predicted molar refractivity (Wildman–Crippen MR) is 78.1 cm³/mol. The predicted octanol–water partition coefficient (Wildman–Crippen LogP) is 2.05. The molecule has 0 saturated carbocycles. The minimum Gasteiger partial charge on any atom is -0.384 e. The van der Waals surface area contributed by atoms with Crippen molar-refractivity contribution >= 4 is 23.5 Å². The van der Waals surface area contributed by atoms with Crippen molar-refractivity contribution in [1.29, 1.82) is 0 Å². The van der Waals surface area contributed by atoms with Crippen LogP contribution in [0.3, 0.4) is 0 Å². The van der Waals surface area contributed by atoms with E-state index in [4.69, 9.17) is 5.73 Å². The van der Waals surface area contributed by atoms with E-state index in [1.807, 2.05) is 33.1 Å². The van der Waals surface area contributed by atoms with Crippen LogP contribution in [-0.2, 0) is 5.41 Å². The van der Waals surface area contributed by atoms with E-state index in [0.717, 1.165) is 11.4 Å². The van der Waals surface area contributed by atoms with Gasteiger partial charge in [0.1, 0.15) is 5.82 Å². The van der Waals surface area contributed by atoms with Gasteiger partial charge >= 0.3 is 0 Å². The van der Waals surface area contributed by atoms with E-state index in [9.17, 15) is 4.79 Å². The van der Waals surface area contributed by atoms with Crippen LogP contribution in [-0.4, -0.2) is 29.4 Å². The first-order chi connectivity index (χ1) is 8.34. The molecule has 0 spiro atoms. The fraction of sp³-hybridized carbons (Fsp3) is 0.538. The second-order valence-electron chi connectivity index (χ2n) is 5.16. The van der Waals surface area contributed by atoms with Crippen LogP contribution in [0.5, 0.6) is 0 Å². The number of nitrogens with two attached hydrogens (primary N) is 1. The van der Waals surface area contributed by atoms with Gasteiger partial charge in [0.05, 0.1) is 0 Å². The van der Waals surface area contributed by atoms with Gasteiger partial charge in [0.15, 0.2) is 0 Å². The van der Waals surface area contributed by atoms with Gasteiger partial charge in [-0.1, -0.05) is 20.8 Å². The van der Waals surface area contributed by atoms with Crippen molar-refractivity contribution < 1.29 is 4.79 Å². The first-order valence-electron chi connectivity index (χ1n) is 5.90. The highest BCUT2D eigenvalue weighted by Gasteiger charge is 2.18. The van der Waals surface area contributed by atoms with E-state index in [-0.39, 0.29) is 11.3 Å². The fourth-order valence-corrected chi connectivity index (χ4v) is 1.74. The van der Waals surface area contributed by atoms with Gasteiger partial charge in [0.2, 0.25) is 0 Å². The molecule has 3 N–H and O–H groups in total. The zero-order chi connectivity index (χ0) is 13.8. The molecule has 1 heterocycles. The van der Waals surface area contributed by atoms with Crippen LogP contribution < -0.4 is 11.1 Å². The highest BCUT2D eigenvalue weighted by Crippen LogP contribution is 2.22. The molecule has 5 heteroatoms. The van der Waals surface area contributed by atoms with Crippen molar-refractivity contribution in [2.75, 3.05) is 24.3 Å². The number of hydrogen-bond acceptors (Lipinski definition) is 4. The highest BCUT2D eigenvalue weighted by atomic mass is 32.2. The van der Waals surface area contributed by atoms with E-state index in [0.29, 0.717) is 17.9 Å². The third kappa shape index (κ3) is 4.22. The van der Waals surface area contributed by atoms with Gasteiger partial charge in [-0.2, -0.15) is 11.8 Å². The largest absolute Gasteiger partial charge is 0.384 e. The van der Waals surface area contributed by atoms with Crippen molar-refractivity contribution in [3.05, 3.63) is 23.4 Å². The Hall–Kier alpha value is -1.23. The molecule has 0 aromatic carbocycles. The number of carbonyl (C=O) groups excluding carboxylic acids is 1. The number of nitrogens with one attached hydrogen (secondary N) is 1. The molecule has 1 aromatic rings. The maximum absolute atomic E-state index is 11.9. The molecule has 18 heavy (non-hydrogen) atoms. The smallest absolute Gasteiger partial charge is 0.251 e. The van der Waals surface area contributed by atoms with Crippen molar-refractivity contribution in [3.8, 4) is 0 Å². The zero-order valence-electron chi connectivity index (χ0n) is 11.4. The van der Waals surface area contributed by atoms with Crippen LogP contribution in [0.25, 0.3) is 0 Å². The molecule has 0 saturated heterocycles. The lowest BCUT2D eigenvalue weighted by Gasteiger charge is -2.19. The number of anilines is 1. The molecular weight excluding hydrogens is 246 g/mol.